The third-order valence-electron chi connectivity index (χ3n) is 1.32. The van der Waals surface area contributed by atoms with Crippen molar-refractivity contribution in [2.45, 2.75) is 6.92 Å². The molecular formula is C7H8ClNO. The molecule has 0 heterocycles. The van der Waals surface area contributed by atoms with Crippen LogP contribution in [0.2, 0.25) is 6.43 Å². The number of benzene rings is 1. The van der Waals surface area contributed by atoms with E-state index in [4.69, 9.17) is 13.0 Å². The van der Waals surface area contributed by atoms with E-state index in [2.05, 4.69) is 5.73 Å². The lowest BCUT2D eigenvalue weighted by Crippen LogP contribution is -1.85. The molecule has 1 aromatic carbocycles. The topological polar surface area (TPSA) is 46.2 Å². The fourth-order valence-electron chi connectivity index (χ4n) is 0.664. The molecule has 0 amide bonds. The van der Waals surface area contributed by atoms with E-state index in [0.29, 0.717) is 16.3 Å². The summed E-state index contributed by atoms with van der Waals surface area (Å²) >= 11 is 5.71. The average molecular weight is 159 g/mol. The predicted molar refractivity (Wildman–Crippen MR) is 42.3 cm³/mol. The van der Waals surface area contributed by atoms with Crippen molar-refractivity contribution < 1.29 is 6.52 Å². The van der Waals surface area contributed by atoms with Gasteiger partial charge in [-0.1, -0.05) is 11.6 Å². The minimum absolute atomic E-state index is 0.104. The maximum Gasteiger partial charge on any atom is 0.156 e. The van der Waals surface area contributed by atoms with E-state index in [0.717, 1.165) is 0 Å². The van der Waals surface area contributed by atoms with E-state index in [1.165, 1.54) is 6.07 Å². The van der Waals surface area contributed by atoms with E-state index in [-0.39, 0.29) is 5.75 Å². The van der Waals surface area contributed by atoms with Gasteiger partial charge in [0.1, 0.15) is 5.75 Å². The summed E-state index contributed by atoms with van der Waals surface area (Å²) in [5.41, 5.74) is 3.26. The first-order chi connectivity index (χ1) is 5.15. The number of phenols is 1. The van der Waals surface area contributed by atoms with Gasteiger partial charge in [-0.2, -0.15) is 0 Å². The van der Waals surface area contributed by atoms with Crippen LogP contribution < -0.4 is 5.73 Å². The first-order valence-corrected chi connectivity index (χ1v) is 3.20. The molecular weight excluding hydrogens is 150 g/mol. The summed E-state index contributed by atoms with van der Waals surface area (Å²) in [7, 11) is 0. The Morgan fingerprint density at radius 2 is 2.40 bits per heavy atom. The van der Waals surface area contributed by atoms with Crippen LogP contribution in [0.1, 0.15) is 5.56 Å². The first-order valence-electron chi connectivity index (χ1n) is 3.32. The van der Waals surface area contributed by atoms with Gasteiger partial charge in [-0.05, 0) is 13.0 Å². The Morgan fingerprint density at radius 1 is 1.70 bits per heavy atom. The van der Waals surface area contributed by atoms with Crippen LogP contribution in [0, 0.1) is 6.92 Å². The number of nitrogens with two attached hydrogens (primary N) is 1. The summed E-state index contributed by atoms with van der Waals surface area (Å²) in [5, 5.41) is 9.66. The molecule has 0 bridgehead atoms. The Kier molecular flexibility index (Phi) is 1.40. The van der Waals surface area contributed by atoms with Gasteiger partial charge in [-0.25, -0.2) is 0 Å². The molecule has 0 aliphatic heterocycles. The summed E-state index contributed by atoms with van der Waals surface area (Å²) in [6.07, 6.45) is 0. The Balaban J connectivity index is 3.21. The second kappa shape index (κ2) is 2.39. The molecule has 1 rings (SSSR count). The Labute approximate surface area is 65.7 Å². The Bertz CT molecular complexity index is 254. The van der Waals surface area contributed by atoms with Gasteiger partial charge in [0.2, 0.25) is 0 Å². The maximum absolute atomic E-state index is 9.20. The number of hydrogen-bond donors (Lipinski definition) is 2. The van der Waals surface area contributed by atoms with E-state index in [9.17, 15) is 5.11 Å². The highest BCUT2D eigenvalue weighted by molar-refractivity contribution is 6.31. The van der Waals surface area contributed by atoms with Crippen LogP contribution in [-0.4, -0.2) is 5.11 Å². The van der Waals surface area contributed by atoms with Crippen molar-refractivity contribution in [1.82, 2.24) is 0 Å². The lowest BCUT2D eigenvalue weighted by atomic mass is 10.2. The van der Waals surface area contributed by atoms with Crippen molar-refractivity contribution in [2.24, 2.45) is 0 Å². The third-order valence-corrected chi connectivity index (χ3v) is 1.71. The van der Waals surface area contributed by atoms with E-state index < -0.39 is 0 Å². The molecule has 0 radical (unpaired) electrons. The molecule has 3 N–H and O–H groups in total. The predicted octanol–water partition coefficient (Wildman–Crippen LogP) is 1.94. The number of halogens is 1. The molecule has 0 atom stereocenters. The van der Waals surface area contributed by atoms with Crippen LogP contribution >= 0.6 is 11.6 Å². The molecule has 10 heavy (non-hydrogen) atoms. The minimum atomic E-state index is 0.104. The van der Waals surface area contributed by atoms with Crippen molar-refractivity contribution in [3.05, 3.63) is 22.7 Å². The van der Waals surface area contributed by atoms with Gasteiger partial charge in [-0.3, -0.25) is 0 Å². The Hall–Kier alpha value is -0.890. The smallest absolute Gasteiger partial charge is 0.156 e. The molecule has 0 fully saturated rings. The summed E-state index contributed by atoms with van der Waals surface area (Å²) < 4.78 is 6.79. The van der Waals surface area contributed by atoms with Gasteiger partial charge in [-0.15, -0.1) is 0 Å². The largest absolute Gasteiger partial charge is 0.508 e. The van der Waals surface area contributed by atoms with Crippen molar-refractivity contribution in [2.75, 3.05) is 5.73 Å². The van der Waals surface area contributed by atoms with Gasteiger partial charge in [0.05, 0.1) is 0 Å². The van der Waals surface area contributed by atoms with Crippen molar-refractivity contribution in [3.8, 4) is 5.75 Å². The van der Waals surface area contributed by atoms with Gasteiger partial charge in [0.25, 0.3) is 0 Å². The molecule has 1 aromatic rings. The summed E-state index contributed by atoms with van der Waals surface area (Å²) in [5.74, 6) is 0.104. The monoisotopic (exact) mass is 158 g/mol. The van der Waals surface area contributed by atoms with Crippen molar-refractivity contribution in [3.63, 3.8) is 0 Å². The van der Waals surface area contributed by atoms with Crippen LogP contribution in [0.25, 0.3) is 0 Å². The highest BCUT2D eigenvalue weighted by Crippen LogP contribution is 2.27. The fraction of sp³-hybridized carbons (Fsp3) is 0.143. The van der Waals surface area contributed by atoms with Gasteiger partial charge in [0.15, 0.2) is 1.41 Å². The van der Waals surface area contributed by atoms with E-state index in [1.54, 1.807) is 13.0 Å². The standard InChI is InChI=1S/C7H8ClNO/c1-4-6(8)2-5(9)3-7(4)10/h2-3,10H,9H2,1H3/i/hD. The number of phenolic OH excluding ortho intramolecular Hbond substituents is 1. The van der Waals surface area contributed by atoms with Crippen LogP contribution in [0.3, 0.4) is 0 Å². The van der Waals surface area contributed by atoms with Gasteiger partial charge < -0.3 is 10.8 Å². The first kappa shape index (κ1) is 5.86. The van der Waals surface area contributed by atoms with Crippen molar-refractivity contribution >= 4 is 17.3 Å². The summed E-state index contributed by atoms with van der Waals surface area (Å²) in [6, 6.07) is 3.04. The lowest BCUT2D eigenvalue weighted by Gasteiger charge is -2.01. The zero-order valence-corrected chi connectivity index (χ0v) is 6.24. The third kappa shape index (κ3) is 1.16. The number of rotatable bonds is 1. The molecule has 0 aromatic heterocycles. The molecule has 0 saturated heterocycles. The molecule has 0 saturated carbocycles. The second-order valence-electron chi connectivity index (χ2n) is 2.10. The lowest BCUT2D eigenvalue weighted by molar-refractivity contribution is 0.471. The molecule has 0 unspecified atom stereocenters. The van der Waals surface area contributed by atoms with E-state index >= 15 is 0 Å². The molecule has 0 spiro atoms. The molecule has 3 heteroatoms. The fourth-order valence-corrected chi connectivity index (χ4v) is 0.879. The van der Waals surface area contributed by atoms with Crippen LogP contribution in [0.15, 0.2) is 12.1 Å². The SMILES string of the molecule is [2H]Nc1cc(O)c(C)c(Cl)c1. The Morgan fingerprint density at radius 3 is 2.90 bits per heavy atom. The number of hydrogen-bond acceptors (Lipinski definition) is 2. The van der Waals surface area contributed by atoms with Crippen LogP contribution in [0.4, 0.5) is 5.69 Å². The maximum atomic E-state index is 9.20. The highest BCUT2D eigenvalue weighted by atomic mass is 35.5. The van der Waals surface area contributed by atoms with Crippen molar-refractivity contribution in [1.29, 1.82) is 0 Å². The minimum Gasteiger partial charge on any atom is -0.508 e. The highest BCUT2D eigenvalue weighted by Gasteiger charge is 2.00. The number of aromatic hydroxyl groups is 1. The number of nitrogen functional groups attached to an aromatic ring is 1. The molecule has 0 aliphatic rings. The molecule has 2 nitrogen and oxygen atoms in total. The molecule has 0 aliphatic carbocycles. The normalized spacial score (nSPS) is 10.8. The average Bonchev–Trinajstić information content (AvgIpc) is 1.99. The summed E-state index contributed by atoms with van der Waals surface area (Å²) in [4.78, 5) is 0. The summed E-state index contributed by atoms with van der Waals surface area (Å²) in [6.45, 7) is 1.71. The van der Waals surface area contributed by atoms with Crippen LogP contribution in [0.5, 0.6) is 5.75 Å². The zero-order valence-electron chi connectivity index (χ0n) is 6.48. The number of anilines is 1. The second-order valence-corrected chi connectivity index (χ2v) is 2.51. The zero-order chi connectivity index (χ0) is 8.43. The van der Waals surface area contributed by atoms with E-state index in [1.807, 2.05) is 0 Å². The quantitative estimate of drug-likeness (QED) is 0.614. The molecule has 54 valence electrons. The van der Waals surface area contributed by atoms with Crippen LogP contribution in [-0.2, 0) is 0 Å². The van der Waals surface area contributed by atoms with Gasteiger partial charge >= 0.3 is 0 Å². The van der Waals surface area contributed by atoms with Gasteiger partial charge in [0, 0.05) is 22.3 Å².